The second kappa shape index (κ2) is 48.2. The first kappa shape index (κ1) is 70.6. The Morgan fingerprint density at radius 1 is 0.461 bits per heavy atom. The van der Waals surface area contributed by atoms with E-state index in [0.717, 1.165) is 32.1 Å². The van der Waals surface area contributed by atoms with E-state index in [-0.39, 0.29) is 18.9 Å². The molecule has 2 heterocycles. The molecule has 0 aliphatic carbocycles. The van der Waals surface area contributed by atoms with Crippen LogP contribution in [0, 0.1) is 0 Å². The van der Waals surface area contributed by atoms with Crippen molar-refractivity contribution < 1.29 is 64.6 Å². The summed E-state index contributed by atoms with van der Waals surface area (Å²) in [5.41, 5.74) is 0. The van der Waals surface area contributed by atoms with Crippen LogP contribution in [0.1, 0.15) is 271 Å². The van der Waals surface area contributed by atoms with Crippen molar-refractivity contribution in [1.82, 2.24) is 5.32 Å². The van der Waals surface area contributed by atoms with Crippen molar-refractivity contribution in [2.45, 2.75) is 344 Å². The number of nitrogens with one attached hydrogen (secondary N) is 1. The number of rotatable bonds is 51. The van der Waals surface area contributed by atoms with Crippen molar-refractivity contribution in [3.63, 3.8) is 0 Å². The molecular weight excluding hydrogens is 967 g/mol. The lowest BCUT2D eigenvalue weighted by molar-refractivity contribution is -0.359. The Bertz CT molecular complexity index is 1370. The summed E-state index contributed by atoms with van der Waals surface area (Å²) in [7, 11) is 0. The lowest BCUT2D eigenvalue weighted by Gasteiger charge is -2.46. The van der Waals surface area contributed by atoms with Crippen LogP contribution in [0.2, 0.25) is 0 Å². The maximum Gasteiger partial charge on any atom is 0.220 e. The molecule has 0 bridgehead atoms. The molecule has 2 aliphatic heterocycles. The van der Waals surface area contributed by atoms with Gasteiger partial charge in [0.1, 0.15) is 48.8 Å². The lowest BCUT2D eigenvalue weighted by atomic mass is 9.97. The van der Waals surface area contributed by atoms with Crippen LogP contribution in [0.25, 0.3) is 0 Å². The van der Waals surface area contributed by atoms with Gasteiger partial charge in [-0.25, -0.2) is 0 Å². The fraction of sp³-hybridized carbons (Fsp3) is 0.919. The lowest BCUT2D eigenvalue weighted by Crippen LogP contribution is -2.65. The Labute approximate surface area is 462 Å². The third-order valence-corrected chi connectivity index (χ3v) is 15.6. The molecule has 14 nitrogen and oxygen atoms in total. The summed E-state index contributed by atoms with van der Waals surface area (Å²) in [6.45, 7) is 2.82. The van der Waals surface area contributed by atoms with Crippen LogP contribution in [0.5, 0.6) is 0 Å². The number of hydrogen-bond donors (Lipinski definition) is 9. The molecule has 1 amide bonds. The van der Waals surface area contributed by atoms with E-state index < -0.39 is 86.8 Å². The highest BCUT2D eigenvalue weighted by Crippen LogP contribution is 2.30. The normalized spacial score (nSPS) is 25.0. The molecule has 12 atom stereocenters. The largest absolute Gasteiger partial charge is 0.394 e. The predicted octanol–water partition coefficient (Wildman–Crippen LogP) is 11.2. The molecule has 2 rings (SSSR count). The SMILES string of the molecule is CCCCCCCCCCCCCCCCCCCCC/C=C/CC/C=C/C(O)C(COC1OC(CO)C(OC2OC(CO)C(O)C(O)C2O)C(O)C1O)NC(=O)CCCCCCCCCCCCCCCCCCC. The molecule has 0 aromatic heterocycles. The fourth-order valence-corrected chi connectivity index (χ4v) is 10.5. The molecule has 0 aromatic rings. The van der Waals surface area contributed by atoms with Crippen LogP contribution in [-0.4, -0.2) is 140 Å². The van der Waals surface area contributed by atoms with Gasteiger partial charge < -0.3 is 65.1 Å². The average molecular weight is 1080 g/mol. The third kappa shape index (κ3) is 33.3. The minimum absolute atomic E-state index is 0.244. The molecule has 0 aromatic carbocycles. The van der Waals surface area contributed by atoms with Gasteiger partial charge in [0, 0.05) is 6.42 Å². The van der Waals surface area contributed by atoms with Gasteiger partial charge in [-0.1, -0.05) is 256 Å². The summed E-state index contributed by atoms with van der Waals surface area (Å²) in [6, 6.07) is -0.928. The minimum Gasteiger partial charge on any atom is -0.394 e. The van der Waals surface area contributed by atoms with Gasteiger partial charge in [0.05, 0.1) is 32.0 Å². The fourth-order valence-electron chi connectivity index (χ4n) is 10.5. The first-order chi connectivity index (χ1) is 37.1. The minimum atomic E-state index is -1.79. The Morgan fingerprint density at radius 3 is 1.29 bits per heavy atom. The highest BCUT2D eigenvalue weighted by molar-refractivity contribution is 5.76. The van der Waals surface area contributed by atoms with E-state index in [1.54, 1.807) is 6.08 Å². The number of amides is 1. The zero-order valence-corrected chi connectivity index (χ0v) is 48.3. The molecule has 2 fully saturated rings. The Morgan fingerprint density at radius 2 is 0.842 bits per heavy atom. The van der Waals surface area contributed by atoms with Crippen LogP contribution in [0.4, 0.5) is 0 Å². The number of ether oxygens (including phenoxy) is 4. The predicted molar refractivity (Wildman–Crippen MR) is 305 cm³/mol. The first-order valence-corrected chi connectivity index (χ1v) is 31.6. The third-order valence-electron chi connectivity index (χ3n) is 15.6. The van der Waals surface area contributed by atoms with E-state index in [0.29, 0.717) is 12.8 Å². The Hall–Kier alpha value is -1.53. The van der Waals surface area contributed by atoms with Crippen LogP contribution in [0.15, 0.2) is 24.3 Å². The van der Waals surface area contributed by atoms with Gasteiger partial charge in [-0.15, -0.1) is 0 Å². The summed E-state index contributed by atoms with van der Waals surface area (Å²) in [5, 5.41) is 87.2. The van der Waals surface area contributed by atoms with E-state index in [4.69, 9.17) is 18.9 Å². The molecule has 9 N–H and O–H groups in total. The molecule has 0 spiro atoms. The number of unbranched alkanes of at least 4 members (excludes halogenated alkanes) is 36. The van der Waals surface area contributed by atoms with Crippen molar-refractivity contribution in [3.05, 3.63) is 24.3 Å². The first-order valence-electron chi connectivity index (χ1n) is 31.6. The topological polar surface area (TPSA) is 228 Å². The molecule has 0 saturated carbocycles. The molecule has 76 heavy (non-hydrogen) atoms. The number of carbonyl (C=O) groups excluding carboxylic acids is 1. The molecule has 14 heteroatoms. The van der Waals surface area contributed by atoms with Gasteiger partial charge >= 0.3 is 0 Å². The highest BCUT2D eigenvalue weighted by atomic mass is 16.7. The maximum atomic E-state index is 13.3. The number of carbonyl (C=O) groups is 1. The second-order valence-corrected chi connectivity index (χ2v) is 22.5. The highest BCUT2D eigenvalue weighted by Gasteiger charge is 2.51. The van der Waals surface area contributed by atoms with Gasteiger partial charge in [0.25, 0.3) is 0 Å². The number of aliphatic hydroxyl groups excluding tert-OH is 8. The van der Waals surface area contributed by atoms with Gasteiger partial charge in [0.15, 0.2) is 12.6 Å². The van der Waals surface area contributed by atoms with Crippen LogP contribution < -0.4 is 5.32 Å². The summed E-state index contributed by atoms with van der Waals surface area (Å²) in [4.78, 5) is 13.3. The Balaban J connectivity index is 1.75. The van der Waals surface area contributed by atoms with Crippen molar-refractivity contribution in [3.8, 4) is 0 Å². The van der Waals surface area contributed by atoms with E-state index in [9.17, 15) is 45.6 Å². The second-order valence-electron chi connectivity index (χ2n) is 22.5. The Kier molecular flexibility index (Phi) is 44.8. The average Bonchev–Trinajstić information content (AvgIpc) is 3.42. The number of aliphatic hydroxyl groups is 8. The van der Waals surface area contributed by atoms with Gasteiger partial charge in [-0.05, 0) is 32.1 Å². The van der Waals surface area contributed by atoms with Crippen molar-refractivity contribution >= 4 is 5.91 Å². The van der Waals surface area contributed by atoms with Crippen LogP contribution in [-0.2, 0) is 23.7 Å². The van der Waals surface area contributed by atoms with Crippen LogP contribution in [0.3, 0.4) is 0 Å². The summed E-state index contributed by atoms with van der Waals surface area (Å²) < 4.78 is 22.8. The molecule has 12 unspecified atom stereocenters. The standard InChI is InChI=1S/C62H117NO13/c1-3-5-7-9-11-13-15-17-19-21-22-23-24-25-26-27-28-30-31-33-35-37-39-41-43-45-51(66)50(63-54(67)46-44-42-40-38-36-34-32-29-20-18-16-14-12-10-8-6-4-2)49-73-61-59(72)57(70)60(53(48-65)75-61)76-62-58(71)56(69)55(68)52(47-64)74-62/h35,37,43,45,50-53,55-62,64-66,68-72H,3-34,36,38-42,44,46-49H2,1-2H3,(H,63,67)/b37-35+,45-43+. The summed E-state index contributed by atoms with van der Waals surface area (Å²) in [6.07, 6.45) is 40.8. The van der Waals surface area contributed by atoms with E-state index in [2.05, 4.69) is 31.3 Å². The summed E-state index contributed by atoms with van der Waals surface area (Å²) in [5.74, 6) is -0.244. The van der Waals surface area contributed by atoms with E-state index in [1.165, 1.54) is 205 Å². The molecule has 448 valence electrons. The van der Waals surface area contributed by atoms with Crippen molar-refractivity contribution in [2.24, 2.45) is 0 Å². The van der Waals surface area contributed by atoms with Gasteiger partial charge in [0.2, 0.25) is 5.91 Å². The van der Waals surface area contributed by atoms with E-state index in [1.807, 2.05) is 6.08 Å². The quantitative estimate of drug-likeness (QED) is 0.0204. The van der Waals surface area contributed by atoms with Crippen molar-refractivity contribution in [1.29, 1.82) is 0 Å². The monoisotopic (exact) mass is 1080 g/mol. The number of hydrogen-bond acceptors (Lipinski definition) is 13. The molecular formula is C62H117NO13. The molecule has 2 saturated heterocycles. The van der Waals surface area contributed by atoms with Gasteiger partial charge in [-0.3, -0.25) is 4.79 Å². The zero-order valence-electron chi connectivity index (χ0n) is 48.3. The smallest absolute Gasteiger partial charge is 0.220 e. The van der Waals surface area contributed by atoms with Crippen molar-refractivity contribution in [2.75, 3.05) is 19.8 Å². The van der Waals surface area contributed by atoms with E-state index >= 15 is 0 Å². The van der Waals surface area contributed by atoms with Crippen LogP contribution >= 0.6 is 0 Å². The maximum absolute atomic E-state index is 13.3. The zero-order chi connectivity index (χ0) is 55.3. The number of allylic oxidation sites excluding steroid dienone is 3. The van der Waals surface area contributed by atoms with Gasteiger partial charge in [-0.2, -0.15) is 0 Å². The molecule has 2 aliphatic rings. The molecule has 0 radical (unpaired) electrons. The summed E-state index contributed by atoms with van der Waals surface area (Å²) >= 11 is 0.